The number of aromatic carboxylic acids is 1. The quantitative estimate of drug-likeness (QED) is 0.897. The van der Waals surface area contributed by atoms with Crippen molar-refractivity contribution in [2.45, 2.75) is 6.92 Å². The molecule has 0 aliphatic heterocycles. The second kappa shape index (κ2) is 5.31. The van der Waals surface area contributed by atoms with Gasteiger partial charge in [-0.05, 0) is 42.3 Å². The summed E-state index contributed by atoms with van der Waals surface area (Å²) in [7, 11) is 0. The van der Waals surface area contributed by atoms with Gasteiger partial charge in [0.05, 0.1) is 6.61 Å². The molecule has 18 heavy (non-hydrogen) atoms. The van der Waals surface area contributed by atoms with Crippen molar-refractivity contribution >= 4 is 5.97 Å². The predicted molar refractivity (Wildman–Crippen MR) is 67.8 cm³/mol. The minimum Gasteiger partial charge on any atom is -0.494 e. The Morgan fingerprint density at radius 3 is 2.56 bits per heavy atom. The number of nitrogens with zero attached hydrogens (tertiary/aromatic N) is 1. The lowest BCUT2D eigenvalue weighted by molar-refractivity contribution is 0.0690. The Morgan fingerprint density at radius 1 is 1.22 bits per heavy atom. The fourth-order valence-corrected chi connectivity index (χ4v) is 1.64. The van der Waals surface area contributed by atoms with E-state index in [1.165, 1.54) is 6.20 Å². The van der Waals surface area contributed by atoms with Crippen LogP contribution in [0.2, 0.25) is 0 Å². The molecule has 0 saturated carbocycles. The molecule has 1 aromatic carbocycles. The van der Waals surface area contributed by atoms with Gasteiger partial charge in [-0.2, -0.15) is 0 Å². The van der Waals surface area contributed by atoms with Gasteiger partial charge in [0.1, 0.15) is 11.4 Å². The lowest BCUT2D eigenvalue weighted by atomic mass is 10.1. The predicted octanol–water partition coefficient (Wildman–Crippen LogP) is 2.85. The van der Waals surface area contributed by atoms with Crippen molar-refractivity contribution in [3.8, 4) is 16.9 Å². The average molecular weight is 243 g/mol. The van der Waals surface area contributed by atoms with Gasteiger partial charge in [0, 0.05) is 6.20 Å². The van der Waals surface area contributed by atoms with Gasteiger partial charge in [0.2, 0.25) is 0 Å². The molecule has 0 radical (unpaired) electrons. The van der Waals surface area contributed by atoms with E-state index in [0.717, 1.165) is 16.9 Å². The monoisotopic (exact) mass is 243 g/mol. The number of carboxylic acid groups (broad SMARTS) is 1. The van der Waals surface area contributed by atoms with Crippen LogP contribution >= 0.6 is 0 Å². The lowest BCUT2D eigenvalue weighted by Gasteiger charge is -2.05. The van der Waals surface area contributed by atoms with Gasteiger partial charge in [0.25, 0.3) is 0 Å². The first-order valence-electron chi connectivity index (χ1n) is 5.63. The van der Waals surface area contributed by atoms with E-state index >= 15 is 0 Å². The van der Waals surface area contributed by atoms with Crippen LogP contribution in [-0.2, 0) is 0 Å². The van der Waals surface area contributed by atoms with Crippen LogP contribution in [0.15, 0.2) is 42.6 Å². The molecule has 0 atom stereocenters. The first kappa shape index (κ1) is 12.1. The third kappa shape index (κ3) is 2.66. The number of hydrogen-bond acceptors (Lipinski definition) is 3. The summed E-state index contributed by atoms with van der Waals surface area (Å²) in [6.07, 6.45) is 1.50. The average Bonchev–Trinajstić information content (AvgIpc) is 2.40. The highest BCUT2D eigenvalue weighted by molar-refractivity contribution is 5.87. The third-order valence-electron chi connectivity index (χ3n) is 2.48. The largest absolute Gasteiger partial charge is 0.494 e. The van der Waals surface area contributed by atoms with E-state index in [2.05, 4.69) is 4.98 Å². The zero-order valence-electron chi connectivity index (χ0n) is 9.96. The standard InChI is InChI=1S/C14H13NO3/c1-2-18-12-5-3-10(4-6-12)11-7-8-15-13(9-11)14(16)17/h3-9H,2H2,1H3,(H,16,17). The fraction of sp³-hybridized carbons (Fsp3) is 0.143. The topological polar surface area (TPSA) is 59.4 Å². The van der Waals surface area contributed by atoms with Crippen molar-refractivity contribution in [3.63, 3.8) is 0 Å². The molecule has 2 rings (SSSR count). The molecule has 0 amide bonds. The number of ether oxygens (including phenoxy) is 1. The molecule has 92 valence electrons. The summed E-state index contributed by atoms with van der Waals surface area (Å²) in [6, 6.07) is 10.8. The van der Waals surface area contributed by atoms with Crippen LogP contribution in [-0.4, -0.2) is 22.7 Å². The maximum atomic E-state index is 10.8. The van der Waals surface area contributed by atoms with Gasteiger partial charge in [0.15, 0.2) is 0 Å². The van der Waals surface area contributed by atoms with Crippen molar-refractivity contribution in [1.82, 2.24) is 4.98 Å². The number of hydrogen-bond donors (Lipinski definition) is 1. The fourth-order valence-electron chi connectivity index (χ4n) is 1.64. The molecule has 1 heterocycles. The van der Waals surface area contributed by atoms with E-state index in [-0.39, 0.29) is 5.69 Å². The van der Waals surface area contributed by atoms with E-state index in [1.807, 2.05) is 31.2 Å². The molecular weight excluding hydrogens is 230 g/mol. The van der Waals surface area contributed by atoms with Crippen molar-refractivity contribution in [2.75, 3.05) is 6.61 Å². The molecule has 0 aliphatic carbocycles. The summed E-state index contributed by atoms with van der Waals surface area (Å²) >= 11 is 0. The molecule has 4 heteroatoms. The highest BCUT2D eigenvalue weighted by Crippen LogP contribution is 2.22. The van der Waals surface area contributed by atoms with Gasteiger partial charge < -0.3 is 9.84 Å². The lowest BCUT2D eigenvalue weighted by Crippen LogP contribution is -1.99. The highest BCUT2D eigenvalue weighted by atomic mass is 16.5. The van der Waals surface area contributed by atoms with Crippen LogP contribution in [0, 0.1) is 0 Å². The van der Waals surface area contributed by atoms with Gasteiger partial charge in [-0.1, -0.05) is 12.1 Å². The molecule has 0 fully saturated rings. The number of aromatic nitrogens is 1. The zero-order chi connectivity index (χ0) is 13.0. The zero-order valence-corrected chi connectivity index (χ0v) is 9.96. The number of carbonyl (C=O) groups is 1. The molecule has 1 N–H and O–H groups in total. The molecule has 0 spiro atoms. The number of carboxylic acids is 1. The van der Waals surface area contributed by atoms with E-state index in [9.17, 15) is 4.79 Å². The first-order valence-corrected chi connectivity index (χ1v) is 5.63. The van der Waals surface area contributed by atoms with Crippen molar-refractivity contribution in [2.24, 2.45) is 0 Å². The maximum absolute atomic E-state index is 10.8. The molecule has 4 nitrogen and oxygen atoms in total. The Hall–Kier alpha value is -2.36. The van der Waals surface area contributed by atoms with E-state index in [4.69, 9.17) is 9.84 Å². The molecule has 0 bridgehead atoms. The van der Waals surface area contributed by atoms with Crippen molar-refractivity contribution in [3.05, 3.63) is 48.3 Å². The van der Waals surface area contributed by atoms with E-state index in [1.54, 1.807) is 12.1 Å². The number of rotatable bonds is 4. The Bertz CT molecular complexity index is 549. The summed E-state index contributed by atoms with van der Waals surface area (Å²) in [5.74, 6) is -0.225. The Kier molecular flexibility index (Phi) is 3.57. The number of benzene rings is 1. The van der Waals surface area contributed by atoms with Crippen LogP contribution in [0.3, 0.4) is 0 Å². The van der Waals surface area contributed by atoms with Crippen LogP contribution < -0.4 is 4.74 Å². The van der Waals surface area contributed by atoms with E-state index in [0.29, 0.717) is 6.61 Å². The van der Waals surface area contributed by atoms with Crippen LogP contribution in [0.1, 0.15) is 17.4 Å². The molecular formula is C14H13NO3. The second-order valence-electron chi connectivity index (χ2n) is 3.69. The van der Waals surface area contributed by atoms with Crippen LogP contribution in [0.5, 0.6) is 5.75 Å². The number of pyridine rings is 1. The minimum atomic E-state index is -1.03. The Morgan fingerprint density at radius 2 is 1.94 bits per heavy atom. The Labute approximate surface area is 105 Å². The summed E-state index contributed by atoms with van der Waals surface area (Å²) < 4.78 is 5.35. The van der Waals surface area contributed by atoms with Crippen molar-refractivity contribution in [1.29, 1.82) is 0 Å². The normalized spacial score (nSPS) is 10.1. The molecule has 2 aromatic rings. The van der Waals surface area contributed by atoms with Crippen molar-refractivity contribution < 1.29 is 14.6 Å². The molecule has 0 aliphatic rings. The summed E-state index contributed by atoms with van der Waals surface area (Å²) in [5.41, 5.74) is 1.80. The second-order valence-corrected chi connectivity index (χ2v) is 3.69. The summed E-state index contributed by atoms with van der Waals surface area (Å²) in [5, 5.41) is 8.89. The molecule has 0 saturated heterocycles. The van der Waals surface area contributed by atoms with Gasteiger partial charge in [-0.15, -0.1) is 0 Å². The first-order chi connectivity index (χ1) is 8.70. The third-order valence-corrected chi connectivity index (χ3v) is 2.48. The van der Waals surface area contributed by atoms with Gasteiger partial charge in [-0.3, -0.25) is 0 Å². The smallest absolute Gasteiger partial charge is 0.354 e. The molecule has 0 unspecified atom stereocenters. The van der Waals surface area contributed by atoms with Gasteiger partial charge >= 0.3 is 5.97 Å². The maximum Gasteiger partial charge on any atom is 0.354 e. The van der Waals surface area contributed by atoms with Crippen LogP contribution in [0.4, 0.5) is 0 Å². The summed E-state index contributed by atoms with van der Waals surface area (Å²) in [4.78, 5) is 14.6. The minimum absolute atomic E-state index is 0.0429. The van der Waals surface area contributed by atoms with E-state index < -0.39 is 5.97 Å². The van der Waals surface area contributed by atoms with Crippen LogP contribution in [0.25, 0.3) is 11.1 Å². The SMILES string of the molecule is CCOc1ccc(-c2ccnc(C(=O)O)c2)cc1. The summed E-state index contributed by atoms with van der Waals surface area (Å²) in [6.45, 7) is 2.55. The molecule has 1 aromatic heterocycles. The van der Waals surface area contributed by atoms with Gasteiger partial charge in [-0.25, -0.2) is 9.78 Å². The highest BCUT2D eigenvalue weighted by Gasteiger charge is 2.06. The Balaban J connectivity index is 2.30.